The van der Waals surface area contributed by atoms with Crippen molar-refractivity contribution in [2.24, 2.45) is 5.10 Å². The first kappa shape index (κ1) is 18.4. The molecule has 0 saturated heterocycles. The molecule has 1 aromatic heterocycles. The van der Waals surface area contributed by atoms with Gasteiger partial charge in [0.15, 0.2) is 11.5 Å². The van der Waals surface area contributed by atoms with Gasteiger partial charge in [0.25, 0.3) is 5.91 Å². The van der Waals surface area contributed by atoms with Gasteiger partial charge in [0.05, 0.1) is 11.2 Å². The van der Waals surface area contributed by atoms with Crippen LogP contribution in [0.1, 0.15) is 5.56 Å². The second-order valence-electron chi connectivity index (χ2n) is 5.64. The van der Waals surface area contributed by atoms with E-state index in [0.717, 1.165) is 10.0 Å². The predicted octanol–water partition coefficient (Wildman–Crippen LogP) is 2.64. The number of ether oxygens (including phenoxy) is 2. The van der Waals surface area contributed by atoms with E-state index in [9.17, 15) is 4.79 Å². The lowest BCUT2D eigenvalue weighted by Crippen LogP contribution is -2.24. The molecule has 2 heterocycles. The van der Waals surface area contributed by atoms with Gasteiger partial charge in [-0.15, -0.1) is 10.2 Å². The molecule has 11 heteroatoms. The molecule has 0 aliphatic carbocycles. The molecular weight excluding hydrogens is 452 g/mol. The summed E-state index contributed by atoms with van der Waals surface area (Å²) in [6.07, 6.45) is 1.49. The van der Waals surface area contributed by atoms with E-state index < -0.39 is 5.91 Å². The second-order valence-corrected chi connectivity index (χ2v) is 6.90. The monoisotopic (exact) mass is 462 g/mol. The first-order valence-corrected chi connectivity index (χ1v) is 9.21. The van der Waals surface area contributed by atoms with Crippen LogP contribution in [0.15, 0.2) is 46.0 Å². The zero-order valence-electron chi connectivity index (χ0n) is 14.2. The zero-order chi connectivity index (χ0) is 19.5. The third-order valence-electron chi connectivity index (χ3n) is 3.74. The summed E-state index contributed by atoms with van der Waals surface area (Å²) in [5, 5.41) is 16.4. The number of nitrogens with zero attached hydrogens (tertiary/aromatic N) is 5. The second kappa shape index (κ2) is 7.95. The van der Waals surface area contributed by atoms with Crippen LogP contribution in [0.2, 0.25) is 5.02 Å². The molecule has 0 fully saturated rings. The van der Waals surface area contributed by atoms with Gasteiger partial charge >= 0.3 is 0 Å². The molecule has 1 N–H and O–H groups in total. The molecule has 0 atom stereocenters. The molecule has 0 radical (unpaired) electrons. The van der Waals surface area contributed by atoms with Gasteiger partial charge in [-0.25, -0.2) is 5.43 Å². The van der Waals surface area contributed by atoms with Gasteiger partial charge in [0.2, 0.25) is 12.6 Å². The van der Waals surface area contributed by atoms with Gasteiger partial charge in [0, 0.05) is 15.6 Å². The minimum absolute atomic E-state index is 0.142. The average molecular weight is 464 g/mol. The molecule has 1 amide bonds. The number of hydrogen-bond acceptors (Lipinski definition) is 7. The SMILES string of the molecule is O=C(Cn1nnc(-c2ccccc2Cl)n1)NN=Cc1cc2c(cc1Br)OCO2. The van der Waals surface area contributed by atoms with Crippen molar-refractivity contribution in [3.63, 3.8) is 0 Å². The third-order valence-corrected chi connectivity index (χ3v) is 4.75. The molecule has 0 saturated carbocycles. The van der Waals surface area contributed by atoms with Crippen molar-refractivity contribution in [3.05, 3.63) is 51.5 Å². The van der Waals surface area contributed by atoms with E-state index >= 15 is 0 Å². The summed E-state index contributed by atoms with van der Waals surface area (Å²) in [6.45, 7) is 0.0390. The normalized spacial score (nSPS) is 12.5. The lowest BCUT2D eigenvalue weighted by atomic mass is 10.2. The number of aromatic nitrogens is 4. The fourth-order valence-electron chi connectivity index (χ4n) is 2.43. The van der Waals surface area contributed by atoms with E-state index in [0.29, 0.717) is 27.9 Å². The van der Waals surface area contributed by atoms with Crippen LogP contribution in [-0.2, 0) is 11.3 Å². The number of amides is 1. The fourth-order valence-corrected chi connectivity index (χ4v) is 3.08. The zero-order valence-corrected chi connectivity index (χ0v) is 16.5. The molecule has 0 bridgehead atoms. The number of hydrazone groups is 1. The first-order valence-electron chi connectivity index (χ1n) is 8.04. The summed E-state index contributed by atoms with van der Waals surface area (Å²) < 4.78 is 11.4. The lowest BCUT2D eigenvalue weighted by molar-refractivity contribution is -0.122. The van der Waals surface area contributed by atoms with Crippen LogP contribution in [0.5, 0.6) is 11.5 Å². The number of fused-ring (bicyclic) bond motifs is 1. The Labute approximate surface area is 172 Å². The Balaban J connectivity index is 1.38. The maximum absolute atomic E-state index is 12.1. The third kappa shape index (κ3) is 3.97. The van der Waals surface area contributed by atoms with Crippen molar-refractivity contribution in [1.82, 2.24) is 25.6 Å². The van der Waals surface area contributed by atoms with Crippen molar-refractivity contribution >= 4 is 39.7 Å². The highest BCUT2D eigenvalue weighted by molar-refractivity contribution is 9.10. The molecule has 3 aromatic rings. The maximum Gasteiger partial charge on any atom is 0.263 e. The Morgan fingerprint density at radius 2 is 2.11 bits per heavy atom. The van der Waals surface area contributed by atoms with Crippen molar-refractivity contribution in [2.75, 3.05) is 6.79 Å². The maximum atomic E-state index is 12.1. The highest BCUT2D eigenvalue weighted by Gasteiger charge is 2.15. The number of carbonyl (C=O) groups excluding carboxylic acids is 1. The Morgan fingerprint density at radius 3 is 2.93 bits per heavy atom. The minimum Gasteiger partial charge on any atom is -0.454 e. The van der Waals surface area contributed by atoms with E-state index in [-0.39, 0.29) is 13.3 Å². The van der Waals surface area contributed by atoms with Crippen LogP contribution in [0, 0.1) is 0 Å². The van der Waals surface area contributed by atoms with Crippen molar-refractivity contribution in [2.45, 2.75) is 6.54 Å². The molecule has 28 heavy (non-hydrogen) atoms. The number of rotatable bonds is 5. The summed E-state index contributed by atoms with van der Waals surface area (Å²) in [4.78, 5) is 13.2. The van der Waals surface area contributed by atoms with Gasteiger partial charge in [-0.2, -0.15) is 9.90 Å². The number of hydrogen-bond donors (Lipinski definition) is 1. The van der Waals surface area contributed by atoms with Crippen LogP contribution in [0.4, 0.5) is 0 Å². The van der Waals surface area contributed by atoms with Crippen molar-refractivity contribution in [1.29, 1.82) is 0 Å². The van der Waals surface area contributed by atoms with Gasteiger partial charge in [-0.1, -0.05) is 23.7 Å². The van der Waals surface area contributed by atoms with Crippen LogP contribution < -0.4 is 14.9 Å². The minimum atomic E-state index is -0.406. The summed E-state index contributed by atoms with van der Waals surface area (Å²) in [6, 6.07) is 10.7. The molecule has 9 nitrogen and oxygen atoms in total. The molecule has 142 valence electrons. The number of benzene rings is 2. The number of tetrazole rings is 1. The van der Waals surface area contributed by atoms with Gasteiger partial charge in [-0.05, 0) is 45.4 Å². The number of nitrogens with one attached hydrogen (secondary N) is 1. The van der Waals surface area contributed by atoms with Gasteiger partial charge < -0.3 is 9.47 Å². The molecular formula is C17H12BrClN6O3. The Kier molecular flexibility index (Phi) is 5.22. The predicted molar refractivity (Wildman–Crippen MR) is 104 cm³/mol. The summed E-state index contributed by atoms with van der Waals surface area (Å²) in [5.74, 6) is 1.21. The average Bonchev–Trinajstić information content (AvgIpc) is 3.31. The van der Waals surface area contributed by atoms with E-state index in [1.165, 1.54) is 11.0 Å². The smallest absolute Gasteiger partial charge is 0.263 e. The largest absolute Gasteiger partial charge is 0.454 e. The first-order chi connectivity index (χ1) is 13.6. The fraction of sp³-hybridized carbons (Fsp3) is 0.118. The molecule has 0 unspecified atom stereocenters. The molecule has 0 spiro atoms. The van der Waals surface area contributed by atoms with Crippen LogP contribution in [0.3, 0.4) is 0 Å². The summed E-state index contributed by atoms with van der Waals surface area (Å²) in [7, 11) is 0. The topological polar surface area (TPSA) is 104 Å². The van der Waals surface area contributed by atoms with Gasteiger partial charge in [0.1, 0.15) is 6.54 Å². The standard InChI is InChI=1S/C17H12BrClN6O3/c18-12-6-15-14(27-9-28-15)5-10(12)7-20-21-16(26)8-25-23-17(22-24-25)11-3-1-2-4-13(11)19/h1-7H,8-9H2,(H,21,26). The highest BCUT2D eigenvalue weighted by atomic mass is 79.9. The van der Waals surface area contributed by atoms with E-state index in [2.05, 4.69) is 41.9 Å². The van der Waals surface area contributed by atoms with E-state index in [4.69, 9.17) is 21.1 Å². The number of carbonyl (C=O) groups is 1. The molecule has 2 aromatic carbocycles. The van der Waals surface area contributed by atoms with E-state index in [1.807, 2.05) is 6.07 Å². The molecule has 1 aliphatic rings. The van der Waals surface area contributed by atoms with Crippen LogP contribution in [0.25, 0.3) is 11.4 Å². The van der Waals surface area contributed by atoms with Crippen LogP contribution >= 0.6 is 27.5 Å². The highest BCUT2D eigenvalue weighted by Crippen LogP contribution is 2.36. The Bertz CT molecular complexity index is 1070. The molecule has 1 aliphatic heterocycles. The quantitative estimate of drug-likeness (QED) is 0.461. The van der Waals surface area contributed by atoms with Crippen molar-refractivity contribution < 1.29 is 14.3 Å². The Hall–Kier alpha value is -2.98. The lowest BCUT2D eigenvalue weighted by Gasteiger charge is -2.02. The van der Waals surface area contributed by atoms with Crippen LogP contribution in [-0.4, -0.2) is 39.1 Å². The summed E-state index contributed by atoms with van der Waals surface area (Å²) in [5.41, 5.74) is 3.78. The Morgan fingerprint density at radius 1 is 1.32 bits per heavy atom. The molecule has 4 rings (SSSR count). The van der Waals surface area contributed by atoms with E-state index in [1.54, 1.807) is 30.3 Å². The van der Waals surface area contributed by atoms with Crippen molar-refractivity contribution in [3.8, 4) is 22.9 Å². The van der Waals surface area contributed by atoms with Gasteiger partial charge in [-0.3, -0.25) is 4.79 Å². The summed E-state index contributed by atoms with van der Waals surface area (Å²) >= 11 is 9.53. The number of halogens is 2.